The quantitative estimate of drug-likeness (QED) is 0.791. The number of halogens is 1. The van der Waals surface area contributed by atoms with Crippen LogP contribution in [0.15, 0.2) is 24.4 Å². The van der Waals surface area contributed by atoms with Gasteiger partial charge in [-0.25, -0.2) is 4.98 Å². The van der Waals surface area contributed by atoms with Gasteiger partial charge in [0, 0.05) is 6.20 Å². The van der Waals surface area contributed by atoms with E-state index >= 15 is 0 Å². The van der Waals surface area contributed by atoms with Crippen molar-refractivity contribution in [3.63, 3.8) is 0 Å². The lowest BCUT2D eigenvalue weighted by Crippen LogP contribution is -2.32. The Balaban J connectivity index is 1.87. The van der Waals surface area contributed by atoms with Crippen LogP contribution in [0.3, 0.4) is 0 Å². The Kier molecular flexibility index (Phi) is 4.86. The van der Waals surface area contributed by atoms with Crippen LogP contribution in [0.2, 0.25) is 5.15 Å². The fourth-order valence-corrected chi connectivity index (χ4v) is 1.96. The van der Waals surface area contributed by atoms with Crippen molar-refractivity contribution in [2.24, 2.45) is 0 Å². The molecular formula is C12H14ClNO2S. The van der Waals surface area contributed by atoms with Gasteiger partial charge in [-0.2, -0.15) is 11.8 Å². The highest BCUT2D eigenvalue weighted by molar-refractivity contribution is 7.99. The minimum Gasteiger partial charge on any atom is -0.348 e. The molecule has 1 fully saturated rings. The Bertz CT molecular complexity index is 375. The number of hydrogen-bond donors (Lipinski definition) is 0. The largest absolute Gasteiger partial charge is 0.348 e. The summed E-state index contributed by atoms with van der Waals surface area (Å²) in [6, 6.07) is 3.66. The molecule has 0 spiro atoms. The summed E-state index contributed by atoms with van der Waals surface area (Å²) < 4.78 is 11.1. The number of pyridine rings is 1. The molecule has 0 bridgehead atoms. The zero-order valence-corrected chi connectivity index (χ0v) is 11.1. The molecule has 17 heavy (non-hydrogen) atoms. The Hall–Kier alpha value is -0.550. The molecule has 0 radical (unpaired) electrons. The third kappa shape index (κ3) is 4.00. The van der Waals surface area contributed by atoms with E-state index in [1.54, 1.807) is 24.0 Å². The first-order chi connectivity index (χ1) is 8.28. The predicted molar refractivity (Wildman–Crippen MR) is 71.3 cm³/mol. The van der Waals surface area contributed by atoms with E-state index in [9.17, 15) is 0 Å². The topological polar surface area (TPSA) is 31.4 Å². The zero-order valence-electron chi connectivity index (χ0n) is 9.51. The normalized spacial score (nSPS) is 25.3. The van der Waals surface area contributed by atoms with Crippen molar-refractivity contribution in [2.75, 3.05) is 19.5 Å². The highest BCUT2D eigenvalue weighted by Gasteiger charge is 2.18. The number of rotatable bonds is 3. The SMILES string of the molecule is CSC1COC(C=Cc2ccc(Cl)nc2)OC1. The highest BCUT2D eigenvalue weighted by atomic mass is 35.5. The summed E-state index contributed by atoms with van der Waals surface area (Å²) in [6.07, 6.45) is 7.34. The van der Waals surface area contributed by atoms with Gasteiger partial charge in [-0.1, -0.05) is 23.7 Å². The maximum Gasteiger partial charge on any atom is 0.177 e. The lowest BCUT2D eigenvalue weighted by atomic mass is 10.2. The molecule has 0 saturated carbocycles. The van der Waals surface area contributed by atoms with Crippen LogP contribution in [-0.2, 0) is 9.47 Å². The third-order valence-corrected chi connectivity index (χ3v) is 3.58. The number of thioether (sulfide) groups is 1. The van der Waals surface area contributed by atoms with Gasteiger partial charge in [-0.3, -0.25) is 0 Å². The molecule has 2 rings (SSSR count). The molecule has 1 aliphatic rings. The van der Waals surface area contributed by atoms with Crippen LogP contribution < -0.4 is 0 Å². The maximum absolute atomic E-state index is 5.71. The van der Waals surface area contributed by atoms with Crippen LogP contribution in [0.25, 0.3) is 6.08 Å². The minimum absolute atomic E-state index is 0.255. The zero-order chi connectivity index (χ0) is 12.1. The summed E-state index contributed by atoms with van der Waals surface area (Å²) >= 11 is 7.47. The lowest BCUT2D eigenvalue weighted by Gasteiger charge is -2.26. The number of ether oxygens (including phenoxy) is 2. The molecule has 0 amide bonds. The first-order valence-corrected chi connectivity index (χ1v) is 7.00. The third-order valence-electron chi connectivity index (χ3n) is 2.42. The van der Waals surface area contributed by atoms with Crippen molar-refractivity contribution >= 4 is 29.4 Å². The van der Waals surface area contributed by atoms with Gasteiger partial charge >= 0.3 is 0 Å². The second-order valence-corrected chi connectivity index (χ2v) is 5.19. The Labute approximate surface area is 110 Å². The molecule has 5 heteroatoms. The number of nitrogens with zero attached hydrogens (tertiary/aromatic N) is 1. The maximum atomic E-state index is 5.71. The molecule has 1 aromatic rings. The Morgan fingerprint density at radius 1 is 1.41 bits per heavy atom. The van der Waals surface area contributed by atoms with E-state index < -0.39 is 0 Å². The van der Waals surface area contributed by atoms with Crippen molar-refractivity contribution < 1.29 is 9.47 Å². The average Bonchev–Trinajstić information content (AvgIpc) is 2.39. The molecule has 0 aromatic carbocycles. The molecule has 2 heterocycles. The van der Waals surface area contributed by atoms with Crippen molar-refractivity contribution in [3.8, 4) is 0 Å². The van der Waals surface area contributed by atoms with Gasteiger partial charge in [-0.15, -0.1) is 0 Å². The van der Waals surface area contributed by atoms with E-state index in [0.717, 1.165) is 18.8 Å². The van der Waals surface area contributed by atoms with E-state index in [4.69, 9.17) is 21.1 Å². The standard InChI is InChI=1S/C12H14ClNO2S/c1-17-10-7-15-12(16-8-10)5-3-9-2-4-11(13)14-6-9/h2-6,10,12H,7-8H2,1H3. The first-order valence-electron chi connectivity index (χ1n) is 5.33. The molecule has 0 unspecified atom stereocenters. The molecule has 92 valence electrons. The Morgan fingerprint density at radius 2 is 2.18 bits per heavy atom. The number of hydrogen-bond acceptors (Lipinski definition) is 4. The summed E-state index contributed by atoms with van der Waals surface area (Å²) in [5.41, 5.74) is 0.980. The van der Waals surface area contributed by atoms with E-state index in [2.05, 4.69) is 11.2 Å². The van der Waals surface area contributed by atoms with Gasteiger partial charge in [0.15, 0.2) is 6.29 Å². The summed E-state index contributed by atoms with van der Waals surface area (Å²) in [5, 5.41) is 0.937. The molecule has 1 saturated heterocycles. The van der Waals surface area contributed by atoms with Gasteiger partial charge in [0.1, 0.15) is 5.15 Å². The summed E-state index contributed by atoms with van der Waals surface area (Å²) in [6.45, 7) is 1.46. The second kappa shape index (κ2) is 6.40. The van der Waals surface area contributed by atoms with Gasteiger partial charge in [0.2, 0.25) is 0 Å². The smallest absolute Gasteiger partial charge is 0.177 e. The average molecular weight is 272 g/mol. The van der Waals surface area contributed by atoms with Gasteiger partial charge in [0.05, 0.1) is 18.5 Å². The summed E-state index contributed by atoms with van der Waals surface area (Å²) in [4.78, 5) is 4.00. The van der Waals surface area contributed by atoms with Crippen molar-refractivity contribution in [1.29, 1.82) is 0 Å². The van der Waals surface area contributed by atoms with E-state index in [-0.39, 0.29) is 6.29 Å². The lowest BCUT2D eigenvalue weighted by molar-refractivity contribution is -0.145. The highest BCUT2D eigenvalue weighted by Crippen LogP contribution is 2.17. The molecule has 0 N–H and O–H groups in total. The molecule has 1 aliphatic heterocycles. The first kappa shape index (κ1) is 12.9. The predicted octanol–water partition coefficient (Wildman–Crippen LogP) is 2.85. The fraction of sp³-hybridized carbons (Fsp3) is 0.417. The van der Waals surface area contributed by atoms with Crippen molar-refractivity contribution in [3.05, 3.63) is 35.1 Å². The van der Waals surface area contributed by atoms with Crippen LogP contribution in [0, 0.1) is 0 Å². The minimum atomic E-state index is -0.255. The molecular weight excluding hydrogens is 258 g/mol. The summed E-state index contributed by atoms with van der Waals surface area (Å²) in [5.74, 6) is 0. The van der Waals surface area contributed by atoms with Gasteiger partial charge in [-0.05, 0) is 24.0 Å². The van der Waals surface area contributed by atoms with Gasteiger partial charge in [0.25, 0.3) is 0 Å². The van der Waals surface area contributed by atoms with Crippen molar-refractivity contribution in [2.45, 2.75) is 11.5 Å². The van der Waals surface area contributed by atoms with Crippen LogP contribution in [0.5, 0.6) is 0 Å². The van der Waals surface area contributed by atoms with Crippen LogP contribution >= 0.6 is 23.4 Å². The van der Waals surface area contributed by atoms with Crippen LogP contribution in [0.4, 0.5) is 0 Å². The molecule has 3 nitrogen and oxygen atoms in total. The van der Waals surface area contributed by atoms with Crippen LogP contribution in [0.1, 0.15) is 5.56 Å². The Morgan fingerprint density at radius 3 is 2.76 bits per heavy atom. The van der Waals surface area contributed by atoms with E-state index in [0.29, 0.717) is 10.4 Å². The van der Waals surface area contributed by atoms with Gasteiger partial charge < -0.3 is 9.47 Å². The monoisotopic (exact) mass is 271 g/mol. The second-order valence-electron chi connectivity index (χ2n) is 3.67. The molecule has 0 aliphatic carbocycles. The van der Waals surface area contributed by atoms with Crippen molar-refractivity contribution in [1.82, 2.24) is 4.98 Å². The fourth-order valence-electron chi connectivity index (χ4n) is 1.42. The summed E-state index contributed by atoms with van der Waals surface area (Å²) in [7, 11) is 0. The number of aromatic nitrogens is 1. The molecule has 0 atom stereocenters. The van der Waals surface area contributed by atoms with E-state index in [1.165, 1.54) is 0 Å². The molecule has 1 aromatic heterocycles. The van der Waals surface area contributed by atoms with E-state index in [1.807, 2.05) is 18.2 Å². The van der Waals surface area contributed by atoms with Crippen LogP contribution in [-0.4, -0.2) is 36.0 Å².